The lowest BCUT2D eigenvalue weighted by molar-refractivity contribution is 0.102. The van der Waals surface area contributed by atoms with E-state index in [-0.39, 0.29) is 43.9 Å². The first-order chi connectivity index (χ1) is 21.8. The second-order valence-corrected chi connectivity index (χ2v) is 15.6. The fraction of sp³-hybridized carbons (Fsp3) is 0.250. The molecule has 0 atom stereocenters. The van der Waals surface area contributed by atoms with Gasteiger partial charge in [0.1, 0.15) is 0 Å². The molecule has 0 saturated carbocycles. The van der Waals surface area contributed by atoms with Gasteiger partial charge in [0.25, 0.3) is 5.91 Å². The molecule has 1 heterocycles. The van der Waals surface area contributed by atoms with Gasteiger partial charge in [0.05, 0.1) is 52.9 Å². The fourth-order valence-electron chi connectivity index (χ4n) is 4.77. The first kappa shape index (κ1) is 35.0. The average molecular weight is 682 g/mol. The number of aromatic nitrogens is 2. The predicted octanol–water partition coefficient (Wildman–Crippen LogP) is 4.13. The molecule has 1 amide bonds. The van der Waals surface area contributed by atoms with E-state index in [1.54, 1.807) is 55.5 Å². The number of imidazole rings is 1. The maximum atomic E-state index is 13.6. The van der Waals surface area contributed by atoms with Crippen LogP contribution in [0.25, 0.3) is 5.70 Å². The molecule has 0 bridgehead atoms. The molecule has 0 aliphatic rings. The van der Waals surface area contributed by atoms with E-state index in [1.165, 1.54) is 48.3 Å². The zero-order chi connectivity index (χ0) is 34.9. The molecular weight excluding hydrogens is 643 g/mol. The summed E-state index contributed by atoms with van der Waals surface area (Å²) in [6.45, 7) is 7.68. The monoisotopic (exact) mass is 681 g/mol. The summed E-state index contributed by atoms with van der Waals surface area (Å²) in [7, 11) is -4.64. The molecule has 0 radical (unpaired) electrons. The van der Waals surface area contributed by atoms with Crippen LogP contribution in [-0.4, -0.2) is 45.7 Å². The molecule has 6 N–H and O–H groups in total. The lowest BCUT2D eigenvalue weighted by Gasteiger charge is -2.24. The summed E-state index contributed by atoms with van der Waals surface area (Å²) in [6.07, 6.45) is 3.78. The molecule has 4 aromatic rings. The zero-order valence-electron chi connectivity index (χ0n) is 27.2. The van der Waals surface area contributed by atoms with Crippen molar-refractivity contribution in [2.24, 2.45) is 18.6 Å². The predicted molar refractivity (Wildman–Crippen MR) is 183 cm³/mol. The van der Waals surface area contributed by atoms with Crippen LogP contribution in [0.15, 0.2) is 83.1 Å². The Balaban J connectivity index is 1.66. The van der Waals surface area contributed by atoms with E-state index >= 15 is 0 Å². The number of carbonyl (C=O) groups is 1. The molecule has 3 aromatic carbocycles. The second kappa shape index (κ2) is 13.1. The van der Waals surface area contributed by atoms with E-state index in [1.807, 2.05) is 20.8 Å². The van der Waals surface area contributed by atoms with Gasteiger partial charge in [-0.2, -0.15) is 0 Å². The summed E-state index contributed by atoms with van der Waals surface area (Å²) in [6, 6.07) is 16.2. The Morgan fingerprint density at radius 1 is 1.02 bits per heavy atom. The van der Waals surface area contributed by atoms with Crippen molar-refractivity contribution in [3.05, 3.63) is 95.4 Å². The number of ether oxygens (including phenoxy) is 1. The highest BCUT2D eigenvalue weighted by Gasteiger charge is 2.25. The number of methoxy groups -OCH3 is 1. The number of nitrogens with two attached hydrogens (primary N) is 2. The van der Waals surface area contributed by atoms with Crippen LogP contribution in [0.1, 0.15) is 48.0 Å². The van der Waals surface area contributed by atoms with E-state index in [9.17, 15) is 21.6 Å². The molecule has 47 heavy (non-hydrogen) atoms. The highest BCUT2D eigenvalue weighted by molar-refractivity contribution is 7.92. The van der Waals surface area contributed by atoms with Crippen molar-refractivity contribution in [2.75, 3.05) is 28.4 Å². The van der Waals surface area contributed by atoms with Crippen LogP contribution >= 0.6 is 0 Å². The molecule has 4 rings (SSSR count). The SMILES string of the molecule is COc1c(NC(=O)c2ccc(C)c(N(N)/C=C(\N)c3cnc(S(=O)(=O)c4ccccc4)n3C)c2)cc(C(C)(C)C)cc1NS(C)(=O)=O. The van der Waals surface area contributed by atoms with Crippen molar-refractivity contribution in [3.63, 3.8) is 0 Å². The van der Waals surface area contributed by atoms with Gasteiger partial charge in [-0.25, -0.2) is 27.7 Å². The highest BCUT2D eigenvalue weighted by atomic mass is 32.2. The highest BCUT2D eigenvalue weighted by Crippen LogP contribution is 2.39. The van der Waals surface area contributed by atoms with Gasteiger partial charge in [-0.15, -0.1) is 0 Å². The van der Waals surface area contributed by atoms with Crippen LogP contribution in [0.2, 0.25) is 0 Å². The maximum absolute atomic E-state index is 13.6. The zero-order valence-corrected chi connectivity index (χ0v) is 28.8. The van der Waals surface area contributed by atoms with E-state index in [0.29, 0.717) is 11.4 Å². The second-order valence-electron chi connectivity index (χ2n) is 12.0. The van der Waals surface area contributed by atoms with Crippen molar-refractivity contribution in [1.29, 1.82) is 0 Å². The molecule has 0 fully saturated rings. The Kier molecular flexibility index (Phi) is 9.75. The Morgan fingerprint density at radius 2 is 1.66 bits per heavy atom. The topological polar surface area (TPSA) is 192 Å². The third-order valence-corrected chi connectivity index (χ3v) is 9.61. The van der Waals surface area contributed by atoms with Gasteiger partial charge in [0.15, 0.2) is 5.75 Å². The number of carbonyl (C=O) groups excluding carboxylic acids is 1. The van der Waals surface area contributed by atoms with E-state index in [4.69, 9.17) is 16.3 Å². The minimum Gasteiger partial charge on any atom is -0.492 e. The third-order valence-electron chi connectivity index (χ3n) is 7.27. The summed E-state index contributed by atoms with van der Waals surface area (Å²) >= 11 is 0. The van der Waals surface area contributed by atoms with Crippen molar-refractivity contribution in [3.8, 4) is 5.75 Å². The molecule has 0 unspecified atom stereocenters. The average Bonchev–Trinajstić information content (AvgIpc) is 3.38. The number of nitrogens with zero attached hydrogens (tertiary/aromatic N) is 3. The Hall–Kier alpha value is -4.86. The van der Waals surface area contributed by atoms with Crippen molar-refractivity contribution in [1.82, 2.24) is 9.55 Å². The van der Waals surface area contributed by atoms with Crippen LogP contribution in [0.4, 0.5) is 17.1 Å². The molecule has 1 aromatic heterocycles. The van der Waals surface area contributed by atoms with Gasteiger partial charge in [0, 0.05) is 18.8 Å². The van der Waals surface area contributed by atoms with Crippen LogP contribution in [0, 0.1) is 6.92 Å². The summed E-state index contributed by atoms with van der Waals surface area (Å²) < 4.78 is 59.8. The number of sulfone groups is 1. The smallest absolute Gasteiger partial charge is 0.255 e. The van der Waals surface area contributed by atoms with Crippen LogP contribution in [-0.2, 0) is 32.3 Å². The summed E-state index contributed by atoms with van der Waals surface area (Å²) in [4.78, 5) is 17.8. The number of benzene rings is 3. The number of aryl methyl sites for hydroxylation is 1. The molecular formula is C32H39N7O6S2. The molecule has 15 heteroatoms. The number of hydrazine groups is 1. The number of nitrogens with one attached hydrogen (secondary N) is 2. The third kappa shape index (κ3) is 7.76. The Bertz CT molecular complexity index is 2070. The van der Waals surface area contributed by atoms with E-state index in [2.05, 4.69) is 15.0 Å². The van der Waals surface area contributed by atoms with Crippen molar-refractivity contribution >= 4 is 48.5 Å². The molecule has 0 saturated heterocycles. The molecule has 250 valence electrons. The van der Waals surface area contributed by atoms with Crippen molar-refractivity contribution < 1.29 is 26.4 Å². The van der Waals surface area contributed by atoms with E-state index in [0.717, 1.165) is 17.4 Å². The summed E-state index contributed by atoms with van der Waals surface area (Å²) in [5.74, 6) is 6.03. The Labute approximate surface area is 275 Å². The minimum atomic E-state index is -3.90. The number of hydrogen-bond donors (Lipinski definition) is 4. The summed E-state index contributed by atoms with van der Waals surface area (Å²) in [5, 5.41) is 3.88. The first-order valence-electron chi connectivity index (χ1n) is 14.3. The quantitative estimate of drug-likeness (QED) is 0.140. The molecule has 13 nitrogen and oxygen atoms in total. The van der Waals surface area contributed by atoms with Gasteiger partial charge >= 0.3 is 0 Å². The van der Waals surface area contributed by atoms with Gasteiger partial charge in [-0.1, -0.05) is 45.0 Å². The minimum absolute atomic E-state index is 0.0969. The number of hydrogen-bond acceptors (Lipinski definition) is 10. The standard InChI is InChI=1S/C32H39N7O6S2/c1-20-13-14-21(30(40)36-25-16-22(32(2,3)4)17-26(29(25)45-6)37-46(7,41)42)15-27(20)39(34)19-24(33)28-18-35-31(38(28)5)47(43,44)23-11-9-8-10-12-23/h8-19,37H,33-34H2,1-7H3,(H,36,40)/b24-19-. The molecule has 0 aliphatic carbocycles. The van der Waals surface area contributed by atoms with Crippen LogP contribution in [0.3, 0.4) is 0 Å². The fourth-order valence-corrected chi connectivity index (χ4v) is 6.70. The number of rotatable bonds is 10. The summed E-state index contributed by atoms with van der Waals surface area (Å²) in [5.41, 5.74) is 9.02. The molecule has 0 spiro atoms. The van der Waals surface area contributed by atoms with Crippen LogP contribution in [0.5, 0.6) is 5.75 Å². The number of amides is 1. The Morgan fingerprint density at radius 3 is 2.26 bits per heavy atom. The number of sulfonamides is 1. The molecule has 0 aliphatic heterocycles. The number of anilines is 3. The van der Waals surface area contributed by atoms with Gasteiger partial charge in [-0.3, -0.25) is 14.5 Å². The normalized spacial score (nSPS) is 12.5. The van der Waals surface area contributed by atoms with Crippen molar-refractivity contribution in [2.45, 2.75) is 43.2 Å². The van der Waals surface area contributed by atoms with E-state index < -0.39 is 25.8 Å². The lowest BCUT2D eigenvalue weighted by atomic mass is 9.86. The van der Waals surface area contributed by atoms with Gasteiger partial charge in [-0.05, 0) is 59.9 Å². The van der Waals surface area contributed by atoms with Crippen LogP contribution < -0.4 is 31.4 Å². The first-order valence-corrected chi connectivity index (χ1v) is 17.7. The van der Waals surface area contributed by atoms with Gasteiger partial charge in [0.2, 0.25) is 25.0 Å². The lowest BCUT2D eigenvalue weighted by Crippen LogP contribution is -2.27. The maximum Gasteiger partial charge on any atom is 0.255 e. The largest absolute Gasteiger partial charge is 0.492 e. The van der Waals surface area contributed by atoms with Gasteiger partial charge < -0.3 is 20.4 Å².